The van der Waals surface area contributed by atoms with Gasteiger partial charge in [-0.3, -0.25) is 4.98 Å². The van der Waals surface area contributed by atoms with Gasteiger partial charge in [-0.1, -0.05) is 20.3 Å². The fraction of sp³-hybridized carbons (Fsp3) is 0.688. The number of hydrogen-bond donors (Lipinski definition) is 1. The molecular formula is C16H25BrN2. The average molecular weight is 325 g/mol. The van der Waals surface area contributed by atoms with E-state index in [-0.39, 0.29) is 0 Å². The van der Waals surface area contributed by atoms with E-state index >= 15 is 0 Å². The Hall–Kier alpha value is -0.410. The smallest absolute Gasteiger partial charge is 0.0413 e. The molecule has 0 saturated heterocycles. The molecule has 2 nitrogen and oxygen atoms in total. The van der Waals surface area contributed by atoms with Crippen LogP contribution in [0, 0.1) is 17.8 Å². The van der Waals surface area contributed by atoms with E-state index < -0.39 is 0 Å². The van der Waals surface area contributed by atoms with Crippen LogP contribution in [0.3, 0.4) is 0 Å². The number of hydrogen-bond acceptors (Lipinski definition) is 2. The first-order chi connectivity index (χ1) is 9.15. The van der Waals surface area contributed by atoms with Crippen LogP contribution in [0.4, 0.5) is 0 Å². The van der Waals surface area contributed by atoms with Gasteiger partial charge in [0, 0.05) is 16.4 Å². The Kier molecular flexibility index (Phi) is 5.83. The van der Waals surface area contributed by atoms with E-state index in [1.807, 2.05) is 6.20 Å². The van der Waals surface area contributed by atoms with Crippen molar-refractivity contribution in [2.24, 2.45) is 17.8 Å². The molecule has 1 heterocycles. The molecule has 0 spiro atoms. The van der Waals surface area contributed by atoms with Crippen molar-refractivity contribution in [1.29, 1.82) is 0 Å². The summed E-state index contributed by atoms with van der Waals surface area (Å²) in [5, 5.41) is 3.62. The molecule has 1 fully saturated rings. The van der Waals surface area contributed by atoms with Crippen molar-refractivity contribution in [1.82, 2.24) is 10.3 Å². The number of nitrogens with zero attached hydrogens (tertiary/aromatic N) is 1. The zero-order chi connectivity index (χ0) is 13.7. The lowest BCUT2D eigenvalue weighted by Crippen LogP contribution is -2.29. The third-order valence-corrected chi connectivity index (χ3v) is 4.50. The molecular weight excluding hydrogens is 300 g/mol. The zero-order valence-corrected chi connectivity index (χ0v) is 13.6. The van der Waals surface area contributed by atoms with Crippen molar-refractivity contribution in [3.8, 4) is 0 Å². The van der Waals surface area contributed by atoms with Crippen LogP contribution >= 0.6 is 15.9 Å². The van der Waals surface area contributed by atoms with Gasteiger partial charge < -0.3 is 5.32 Å². The summed E-state index contributed by atoms with van der Waals surface area (Å²) in [4.78, 5) is 4.52. The minimum absolute atomic E-state index is 0.744. The molecule has 2 unspecified atom stereocenters. The highest BCUT2D eigenvalue weighted by atomic mass is 79.9. The molecule has 1 aliphatic carbocycles. The first-order valence-corrected chi connectivity index (χ1v) is 8.25. The van der Waals surface area contributed by atoms with Gasteiger partial charge in [-0.15, -0.1) is 0 Å². The van der Waals surface area contributed by atoms with Crippen LogP contribution in [-0.4, -0.2) is 18.1 Å². The van der Waals surface area contributed by atoms with Gasteiger partial charge in [-0.2, -0.15) is 0 Å². The summed E-state index contributed by atoms with van der Waals surface area (Å²) in [7, 11) is 0. The second kappa shape index (κ2) is 7.39. The summed E-state index contributed by atoms with van der Waals surface area (Å²) in [6, 6.07) is 4.25. The molecule has 1 aliphatic rings. The highest BCUT2D eigenvalue weighted by Crippen LogP contribution is 2.33. The SMILES string of the molecule is CC(C)CNCC1CCCC1Cc1ccc(Br)cn1. The Morgan fingerprint density at radius 2 is 2.11 bits per heavy atom. The fourth-order valence-corrected chi connectivity index (χ4v) is 3.24. The highest BCUT2D eigenvalue weighted by Gasteiger charge is 2.27. The molecule has 106 valence electrons. The molecule has 0 amide bonds. The van der Waals surface area contributed by atoms with E-state index in [9.17, 15) is 0 Å². The van der Waals surface area contributed by atoms with Crippen molar-refractivity contribution >= 4 is 15.9 Å². The number of nitrogens with one attached hydrogen (secondary N) is 1. The molecule has 19 heavy (non-hydrogen) atoms. The zero-order valence-electron chi connectivity index (χ0n) is 12.0. The third-order valence-electron chi connectivity index (χ3n) is 4.04. The number of halogens is 1. The lowest BCUT2D eigenvalue weighted by Gasteiger charge is -2.20. The molecule has 1 saturated carbocycles. The molecule has 0 radical (unpaired) electrons. The quantitative estimate of drug-likeness (QED) is 0.853. The molecule has 2 atom stereocenters. The Bertz CT molecular complexity index is 375. The normalized spacial score (nSPS) is 23.2. The van der Waals surface area contributed by atoms with Crippen LogP contribution in [0.2, 0.25) is 0 Å². The van der Waals surface area contributed by atoms with Crippen molar-refractivity contribution < 1.29 is 0 Å². The van der Waals surface area contributed by atoms with Crippen molar-refractivity contribution in [3.05, 3.63) is 28.5 Å². The number of aromatic nitrogens is 1. The van der Waals surface area contributed by atoms with Crippen molar-refractivity contribution in [2.75, 3.05) is 13.1 Å². The molecule has 0 aromatic carbocycles. The van der Waals surface area contributed by atoms with Crippen LogP contribution < -0.4 is 5.32 Å². The Balaban J connectivity index is 1.83. The first kappa shape index (κ1) is 15.0. The maximum Gasteiger partial charge on any atom is 0.0413 e. The Morgan fingerprint density at radius 1 is 1.32 bits per heavy atom. The maximum atomic E-state index is 4.52. The van der Waals surface area contributed by atoms with E-state index in [1.165, 1.54) is 31.5 Å². The van der Waals surface area contributed by atoms with Gasteiger partial charge in [0.05, 0.1) is 0 Å². The molecule has 0 aliphatic heterocycles. The van der Waals surface area contributed by atoms with E-state index in [0.717, 1.165) is 35.2 Å². The van der Waals surface area contributed by atoms with Gasteiger partial charge >= 0.3 is 0 Å². The topological polar surface area (TPSA) is 24.9 Å². The molecule has 1 N–H and O–H groups in total. The third kappa shape index (κ3) is 4.88. The van der Waals surface area contributed by atoms with Crippen LogP contribution in [-0.2, 0) is 6.42 Å². The number of pyridine rings is 1. The Labute approximate surface area is 125 Å². The minimum atomic E-state index is 0.744. The van der Waals surface area contributed by atoms with Gasteiger partial charge in [0.1, 0.15) is 0 Å². The standard InChI is InChI=1S/C16H25BrN2/c1-12(2)9-18-10-14-5-3-4-13(14)8-16-7-6-15(17)11-19-16/h6-7,11-14,18H,3-5,8-10H2,1-2H3. The molecule has 2 rings (SSSR count). The molecule has 0 bridgehead atoms. The largest absolute Gasteiger partial charge is 0.316 e. The second-order valence-electron chi connectivity index (χ2n) is 6.18. The predicted molar refractivity (Wildman–Crippen MR) is 84.2 cm³/mol. The minimum Gasteiger partial charge on any atom is -0.316 e. The summed E-state index contributed by atoms with van der Waals surface area (Å²) in [5.74, 6) is 2.39. The lowest BCUT2D eigenvalue weighted by atomic mass is 9.91. The monoisotopic (exact) mass is 324 g/mol. The van der Waals surface area contributed by atoms with Crippen molar-refractivity contribution in [3.63, 3.8) is 0 Å². The van der Waals surface area contributed by atoms with Crippen LogP contribution in [0.15, 0.2) is 22.8 Å². The van der Waals surface area contributed by atoms with E-state index in [0.29, 0.717) is 0 Å². The second-order valence-corrected chi connectivity index (χ2v) is 7.09. The van der Waals surface area contributed by atoms with E-state index in [4.69, 9.17) is 0 Å². The average Bonchev–Trinajstić information content (AvgIpc) is 2.79. The summed E-state index contributed by atoms with van der Waals surface area (Å²) >= 11 is 3.45. The van der Waals surface area contributed by atoms with Crippen LogP contribution in [0.5, 0.6) is 0 Å². The lowest BCUT2D eigenvalue weighted by molar-refractivity contribution is 0.355. The van der Waals surface area contributed by atoms with Gasteiger partial charge in [-0.05, 0) is 78.2 Å². The maximum absolute atomic E-state index is 4.52. The van der Waals surface area contributed by atoms with Gasteiger partial charge in [0.2, 0.25) is 0 Å². The van der Waals surface area contributed by atoms with Gasteiger partial charge in [0.25, 0.3) is 0 Å². The Morgan fingerprint density at radius 3 is 2.79 bits per heavy atom. The van der Waals surface area contributed by atoms with Crippen LogP contribution in [0.1, 0.15) is 38.8 Å². The van der Waals surface area contributed by atoms with Gasteiger partial charge in [-0.25, -0.2) is 0 Å². The van der Waals surface area contributed by atoms with Crippen molar-refractivity contribution in [2.45, 2.75) is 39.5 Å². The van der Waals surface area contributed by atoms with E-state index in [1.54, 1.807) is 0 Å². The van der Waals surface area contributed by atoms with Crippen LogP contribution in [0.25, 0.3) is 0 Å². The first-order valence-electron chi connectivity index (χ1n) is 7.46. The summed E-state index contributed by atoms with van der Waals surface area (Å²) < 4.78 is 1.07. The number of rotatable bonds is 6. The molecule has 1 aromatic rings. The molecule has 3 heteroatoms. The summed E-state index contributed by atoms with van der Waals surface area (Å²) in [6.07, 6.45) is 7.19. The molecule has 1 aromatic heterocycles. The highest BCUT2D eigenvalue weighted by molar-refractivity contribution is 9.10. The van der Waals surface area contributed by atoms with E-state index in [2.05, 4.69) is 52.2 Å². The summed E-state index contributed by atoms with van der Waals surface area (Å²) in [5.41, 5.74) is 1.24. The fourth-order valence-electron chi connectivity index (χ4n) is 3.00. The predicted octanol–water partition coefficient (Wildman–Crippen LogP) is 4.05. The van der Waals surface area contributed by atoms with Gasteiger partial charge in [0.15, 0.2) is 0 Å². The summed E-state index contributed by atoms with van der Waals surface area (Å²) in [6.45, 7) is 6.86.